The average Bonchev–Trinajstić information content (AvgIpc) is 3.03. The summed E-state index contributed by atoms with van der Waals surface area (Å²) in [5, 5.41) is 1.05. The first-order valence-corrected chi connectivity index (χ1v) is 8.24. The number of rotatable bonds is 4. The number of carbonyl (C=O) groups is 2. The summed E-state index contributed by atoms with van der Waals surface area (Å²) in [5.41, 5.74) is 3.51. The van der Waals surface area contributed by atoms with E-state index in [2.05, 4.69) is 4.98 Å². The monoisotopic (exact) mass is 334 g/mol. The lowest BCUT2D eigenvalue weighted by Gasteiger charge is -2.26. The number of aromatic amines is 1. The zero-order valence-electron chi connectivity index (χ0n) is 13.9. The van der Waals surface area contributed by atoms with Crippen LogP contribution in [0.2, 0.25) is 0 Å². The number of methoxy groups -OCH3 is 1. The minimum absolute atomic E-state index is 0.138. The van der Waals surface area contributed by atoms with E-state index in [1.54, 1.807) is 13.2 Å². The summed E-state index contributed by atoms with van der Waals surface area (Å²) < 4.78 is 5.28. The van der Waals surface area contributed by atoms with Gasteiger partial charge in [-0.25, -0.2) is 0 Å². The van der Waals surface area contributed by atoms with Crippen LogP contribution in [0.25, 0.3) is 10.9 Å². The number of amides is 2. The van der Waals surface area contributed by atoms with Gasteiger partial charge in [0.05, 0.1) is 13.5 Å². The molecule has 0 saturated carbocycles. The van der Waals surface area contributed by atoms with Crippen molar-refractivity contribution in [2.24, 2.45) is 0 Å². The van der Waals surface area contributed by atoms with Crippen molar-refractivity contribution in [3.63, 3.8) is 0 Å². The van der Waals surface area contributed by atoms with Crippen LogP contribution < -0.4 is 4.74 Å². The van der Waals surface area contributed by atoms with Crippen LogP contribution in [0.5, 0.6) is 5.75 Å². The fourth-order valence-corrected chi connectivity index (χ4v) is 3.35. The highest BCUT2D eigenvalue weighted by atomic mass is 16.5. The minimum Gasteiger partial charge on any atom is -0.497 e. The van der Waals surface area contributed by atoms with Gasteiger partial charge in [-0.15, -0.1) is 0 Å². The van der Waals surface area contributed by atoms with Gasteiger partial charge in [0.15, 0.2) is 0 Å². The molecule has 3 aromatic rings. The third-order valence-corrected chi connectivity index (χ3v) is 4.71. The smallest absolute Gasteiger partial charge is 0.260 e. The molecule has 0 aliphatic carbocycles. The van der Waals surface area contributed by atoms with Crippen LogP contribution in [-0.2, 0) is 17.6 Å². The maximum absolute atomic E-state index is 12.6. The molecule has 2 amide bonds. The van der Waals surface area contributed by atoms with Crippen molar-refractivity contribution in [1.29, 1.82) is 0 Å². The highest BCUT2D eigenvalue weighted by molar-refractivity contribution is 6.09. The summed E-state index contributed by atoms with van der Waals surface area (Å²) in [6.45, 7) is 0.371. The maximum atomic E-state index is 12.6. The summed E-state index contributed by atoms with van der Waals surface area (Å²) in [5.74, 6) is 0.442. The molecule has 126 valence electrons. The van der Waals surface area contributed by atoms with Gasteiger partial charge < -0.3 is 9.72 Å². The van der Waals surface area contributed by atoms with Crippen LogP contribution in [0.3, 0.4) is 0 Å². The van der Waals surface area contributed by atoms with E-state index < -0.39 is 0 Å². The van der Waals surface area contributed by atoms with Gasteiger partial charge in [0.2, 0.25) is 5.91 Å². The van der Waals surface area contributed by atoms with Crippen LogP contribution >= 0.6 is 0 Å². The van der Waals surface area contributed by atoms with Crippen molar-refractivity contribution in [2.75, 3.05) is 13.7 Å². The highest BCUT2D eigenvalue weighted by Crippen LogP contribution is 2.25. The number of nitrogens with zero attached hydrogens (tertiary/aromatic N) is 1. The predicted molar refractivity (Wildman–Crippen MR) is 94.7 cm³/mol. The summed E-state index contributed by atoms with van der Waals surface area (Å²) in [6.07, 6.45) is 2.81. The predicted octanol–water partition coefficient (Wildman–Crippen LogP) is 2.94. The van der Waals surface area contributed by atoms with Crippen molar-refractivity contribution < 1.29 is 14.3 Å². The van der Waals surface area contributed by atoms with Gasteiger partial charge in [-0.2, -0.15) is 0 Å². The fourth-order valence-electron chi connectivity index (χ4n) is 3.35. The Morgan fingerprint density at radius 2 is 2.00 bits per heavy atom. The van der Waals surface area contributed by atoms with Crippen LogP contribution in [0.1, 0.15) is 21.5 Å². The Labute approximate surface area is 145 Å². The standard InChI is InChI=1S/C20H18N2O3/c1-25-15-6-7-18-17(11-15)14(12-21-18)8-9-22-19(23)10-13-4-2-3-5-16(13)20(22)24/h2-7,11-12,21H,8-10H2,1H3. The number of carbonyl (C=O) groups excluding carboxylic acids is 2. The lowest BCUT2D eigenvalue weighted by Crippen LogP contribution is -2.43. The second-order valence-corrected chi connectivity index (χ2v) is 6.16. The van der Waals surface area contributed by atoms with Gasteiger partial charge in [-0.3, -0.25) is 14.5 Å². The van der Waals surface area contributed by atoms with E-state index in [1.165, 1.54) is 4.90 Å². The molecular formula is C20H18N2O3. The molecule has 0 radical (unpaired) electrons. The maximum Gasteiger partial charge on any atom is 0.260 e. The number of ether oxygens (including phenoxy) is 1. The lowest BCUT2D eigenvalue weighted by molar-refractivity contribution is -0.128. The Kier molecular flexibility index (Phi) is 3.76. The Morgan fingerprint density at radius 3 is 2.84 bits per heavy atom. The molecule has 0 unspecified atom stereocenters. The fraction of sp³-hybridized carbons (Fsp3) is 0.200. The van der Waals surface area contributed by atoms with E-state index in [-0.39, 0.29) is 18.2 Å². The van der Waals surface area contributed by atoms with Crippen LogP contribution in [0.4, 0.5) is 0 Å². The molecule has 0 bridgehead atoms. The van der Waals surface area contributed by atoms with Crippen molar-refractivity contribution in [3.8, 4) is 5.75 Å². The van der Waals surface area contributed by atoms with Gasteiger partial charge in [0, 0.05) is 29.2 Å². The number of hydrogen-bond donors (Lipinski definition) is 1. The van der Waals surface area contributed by atoms with E-state index >= 15 is 0 Å². The summed E-state index contributed by atoms with van der Waals surface area (Å²) in [4.78, 5) is 29.6. The Hall–Kier alpha value is -3.08. The molecule has 1 aliphatic rings. The molecular weight excluding hydrogens is 316 g/mol. The number of nitrogens with one attached hydrogen (secondary N) is 1. The molecule has 0 spiro atoms. The van der Waals surface area contributed by atoms with Crippen molar-refractivity contribution in [1.82, 2.24) is 9.88 Å². The molecule has 2 heterocycles. The first kappa shape index (κ1) is 15.4. The van der Waals surface area contributed by atoms with Crippen molar-refractivity contribution >= 4 is 22.7 Å². The molecule has 25 heavy (non-hydrogen) atoms. The normalized spacial score (nSPS) is 14.0. The number of H-pyrrole nitrogens is 1. The van der Waals surface area contributed by atoms with E-state index in [0.29, 0.717) is 18.5 Å². The van der Waals surface area contributed by atoms with Crippen molar-refractivity contribution in [2.45, 2.75) is 12.8 Å². The molecule has 4 rings (SSSR count). The van der Waals surface area contributed by atoms with E-state index in [1.807, 2.05) is 42.6 Å². The number of fused-ring (bicyclic) bond motifs is 2. The number of imide groups is 1. The van der Waals surface area contributed by atoms with E-state index in [9.17, 15) is 9.59 Å². The molecule has 1 aliphatic heterocycles. The SMILES string of the molecule is COc1ccc2[nH]cc(CCN3C(=O)Cc4ccccc4C3=O)c2c1. The van der Waals surface area contributed by atoms with Crippen LogP contribution in [0.15, 0.2) is 48.7 Å². The molecule has 0 atom stereocenters. The third-order valence-electron chi connectivity index (χ3n) is 4.71. The van der Waals surface area contributed by atoms with Crippen LogP contribution in [0, 0.1) is 0 Å². The largest absolute Gasteiger partial charge is 0.497 e. The molecule has 5 nitrogen and oxygen atoms in total. The van der Waals surface area contributed by atoms with Gasteiger partial charge in [-0.1, -0.05) is 18.2 Å². The molecule has 2 aromatic carbocycles. The topological polar surface area (TPSA) is 62.4 Å². The highest BCUT2D eigenvalue weighted by Gasteiger charge is 2.30. The summed E-state index contributed by atoms with van der Waals surface area (Å²) >= 11 is 0. The number of hydrogen-bond acceptors (Lipinski definition) is 3. The van der Waals surface area contributed by atoms with Gasteiger partial charge in [0.25, 0.3) is 5.91 Å². The van der Waals surface area contributed by atoms with Crippen molar-refractivity contribution in [3.05, 3.63) is 65.4 Å². The Bertz CT molecular complexity index is 974. The second-order valence-electron chi connectivity index (χ2n) is 6.16. The minimum atomic E-state index is -0.204. The van der Waals surface area contributed by atoms with E-state index in [0.717, 1.165) is 27.8 Å². The first-order chi connectivity index (χ1) is 12.2. The second kappa shape index (κ2) is 6.09. The zero-order valence-corrected chi connectivity index (χ0v) is 13.9. The number of benzene rings is 2. The molecule has 0 saturated heterocycles. The average molecular weight is 334 g/mol. The van der Waals surface area contributed by atoms with Crippen LogP contribution in [-0.4, -0.2) is 35.4 Å². The quantitative estimate of drug-likeness (QED) is 0.746. The Balaban J connectivity index is 1.57. The molecule has 1 aromatic heterocycles. The Morgan fingerprint density at radius 1 is 1.16 bits per heavy atom. The first-order valence-electron chi connectivity index (χ1n) is 8.24. The van der Waals surface area contributed by atoms with Gasteiger partial charge >= 0.3 is 0 Å². The third kappa shape index (κ3) is 2.67. The summed E-state index contributed by atoms with van der Waals surface area (Å²) in [7, 11) is 1.63. The van der Waals surface area contributed by atoms with Gasteiger partial charge in [-0.05, 0) is 41.8 Å². The van der Waals surface area contributed by atoms with Gasteiger partial charge in [0.1, 0.15) is 5.75 Å². The summed E-state index contributed by atoms with van der Waals surface area (Å²) in [6, 6.07) is 13.1. The number of aromatic nitrogens is 1. The zero-order chi connectivity index (χ0) is 17.4. The molecule has 0 fully saturated rings. The lowest BCUT2D eigenvalue weighted by atomic mass is 9.98. The molecule has 1 N–H and O–H groups in total. The molecule has 5 heteroatoms. The van der Waals surface area contributed by atoms with E-state index in [4.69, 9.17) is 4.74 Å².